The highest BCUT2D eigenvalue weighted by Gasteiger charge is 2.59. The molecule has 0 aromatic heterocycles. The summed E-state index contributed by atoms with van der Waals surface area (Å²) in [4.78, 5) is 13.0. The zero-order valence-electron chi connectivity index (χ0n) is 30.2. The van der Waals surface area contributed by atoms with Gasteiger partial charge in [-0.25, -0.2) is 4.79 Å². The number of hydrogen-bond donors (Lipinski definition) is 5. The van der Waals surface area contributed by atoms with Crippen LogP contribution in [0.3, 0.4) is 0 Å². The SMILES string of the molecule is CC(C)CCC[C@@H](C)[C@H]1CC[C@H]2[C@@H]3CC=C4C[C@@H](OC(=O)Nc5ccc(O[C@H]6O[C@H](CO)[C@@H](O)[C@H](O)[C@H]6O)cc5)CC[C@]4(C)[C@H]3CC[C@]12C. The molecule has 9 nitrogen and oxygen atoms in total. The summed E-state index contributed by atoms with van der Waals surface area (Å²) < 4.78 is 17.0. The van der Waals surface area contributed by atoms with Crippen LogP contribution >= 0.6 is 0 Å². The van der Waals surface area contributed by atoms with Gasteiger partial charge in [0.2, 0.25) is 6.29 Å². The molecule has 49 heavy (non-hydrogen) atoms. The number of allylic oxidation sites excluding steroid dienone is 1. The highest BCUT2D eigenvalue weighted by molar-refractivity contribution is 5.84. The van der Waals surface area contributed by atoms with Crippen molar-refractivity contribution in [2.24, 2.45) is 46.3 Å². The minimum absolute atomic E-state index is 0.152. The van der Waals surface area contributed by atoms with Gasteiger partial charge in [-0.2, -0.15) is 0 Å². The number of rotatable bonds is 10. The van der Waals surface area contributed by atoms with Gasteiger partial charge >= 0.3 is 6.09 Å². The standard InChI is InChI=1S/C40H61NO8/c1-23(2)7-6-8-24(3)30-15-16-31-29-14-9-25-21-28(17-19-39(25,4)32(29)18-20-40(30,31)5)48-38(46)41-26-10-12-27(13-11-26)47-37-36(45)35(44)34(43)33(22-42)49-37/h9-13,23-24,28-37,42-45H,6-8,14-22H2,1-5H3,(H,41,46)/t24-,28+,29+,30-,31+,32+,33-,34-,35+,36-,37+,39+,40-/m1/s1. The third kappa shape index (κ3) is 7.30. The second-order valence-corrected chi connectivity index (χ2v) is 17.0. The monoisotopic (exact) mass is 683 g/mol. The average molecular weight is 684 g/mol. The van der Waals surface area contributed by atoms with E-state index in [2.05, 4.69) is 46.0 Å². The third-order valence-electron chi connectivity index (χ3n) is 13.7. The van der Waals surface area contributed by atoms with Crippen molar-refractivity contribution in [3.63, 3.8) is 0 Å². The zero-order valence-corrected chi connectivity index (χ0v) is 30.2. The summed E-state index contributed by atoms with van der Waals surface area (Å²) in [6, 6.07) is 6.50. The van der Waals surface area contributed by atoms with Gasteiger partial charge in [-0.15, -0.1) is 0 Å². The maximum absolute atomic E-state index is 13.0. The highest BCUT2D eigenvalue weighted by atomic mass is 16.7. The van der Waals surface area contributed by atoms with Crippen LogP contribution in [0.25, 0.3) is 0 Å². The molecule has 1 aromatic carbocycles. The Morgan fingerprint density at radius 3 is 2.43 bits per heavy atom. The Labute approximate surface area is 292 Å². The first kappa shape index (κ1) is 36.6. The molecule has 1 amide bonds. The van der Waals surface area contributed by atoms with E-state index in [1.807, 2.05) is 0 Å². The number of anilines is 1. The Hall–Kier alpha value is -2.17. The largest absolute Gasteiger partial charge is 0.462 e. The van der Waals surface area contributed by atoms with Crippen molar-refractivity contribution in [1.82, 2.24) is 0 Å². The molecule has 6 rings (SSSR count). The lowest BCUT2D eigenvalue weighted by Gasteiger charge is -2.58. The van der Waals surface area contributed by atoms with Crippen LogP contribution in [0, 0.1) is 46.3 Å². The van der Waals surface area contributed by atoms with Gasteiger partial charge in [0.15, 0.2) is 0 Å². The molecule has 9 heteroatoms. The van der Waals surface area contributed by atoms with Crippen molar-refractivity contribution in [2.45, 2.75) is 142 Å². The fraction of sp³-hybridized carbons (Fsp3) is 0.775. The first-order valence-corrected chi connectivity index (χ1v) is 19.1. The van der Waals surface area contributed by atoms with E-state index in [9.17, 15) is 25.2 Å². The summed E-state index contributed by atoms with van der Waals surface area (Å²) in [5, 5.41) is 42.5. The summed E-state index contributed by atoms with van der Waals surface area (Å²) in [5.74, 6) is 5.11. The Kier molecular flexibility index (Phi) is 11.1. The number of nitrogens with one attached hydrogen (secondary N) is 1. The molecule has 4 aliphatic carbocycles. The van der Waals surface area contributed by atoms with Crippen LogP contribution in [-0.2, 0) is 9.47 Å². The predicted molar refractivity (Wildman–Crippen MR) is 188 cm³/mol. The number of hydrogen-bond acceptors (Lipinski definition) is 8. The van der Waals surface area contributed by atoms with Crippen molar-refractivity contribution in [3.05, 3.63) is 35.9 Å². The molecule has 1 saturated heterocycles. The second-order valence-electron chi connectivity index (χ2n) is 17.0. The van der Waals surface area contributed by atoms with Crippen LogP contribution < -0.4 is 10.1 Å². The van der Waals surface area contributed by atoms with Crippen molar-refractivity contribution >= 4 is 11.8 Å². The Morgan fingerprint density at radius 1 is 0.959 bits per heavy atom. The average Bonchev–Trinajstić information content (AvgIpc) is 3.43. The minimum atomic E-state index is -1.52. The zero-order chi connectivity index (χ0) is 35.1. The molecule has 0 bridgehead atoms. The lowest BCUT2D eigenvalue weighted by atomic mass is 9.47. The summed E-state index contributed by atoms with van der Waals surface area (Å²) in [6.07, 6.45) is 8.54. The van der Waals surface area contributed by atoms with Crippen LogP contribution in [0.1, 0.15) is 105 Å². The minimum Gasteiger partial charge on any atom is -0.462 e. The predicted octanol–water partition coefficient (Wildman–Crippen LogP) is 6.82. The van der Waals surface area contributed by atoms with Crippen molar-refractivity contribution in [2.75, 3.05) is 11.9 Å². The van der Waals surface area contributed by atoms with Gasteiger partial charge in [0.1, 0.15) is 36.3 Å². The van der Waals surface area contributed by atoms with Crippen LogP contribution in [0.2, 0.25) is 0 Å². The molecule has 274 valence electrons. The van der Waals surface area contributed by atoms with E-state index in [0.717, 1.165) is 54.8 Å². The number of benzene rings is 1. The molecule has 0 radical (unpaired) electrons. The van der Waals surface area contributed by atoms with Crippen LogP contribution in [0.5, 0.6) is 5.75 Å². The fourth-order valence-electron chi connectivity index (χ4n) is 11.0. The number of aliphatic hydroxyl groups excluding tert-OH is 4. The lowest BCUT2D eigenvalue weighted by molar-refractivity contribution is -0.277. The van der Waals surface area contributed by atoms with Gasteiger partial charge in [0, 0.05) is 12.1 Å². The normalized spacial score (nSPS) is 40.8. The summed E-state index contributed by atoms with van der Waals surface area (Å²) >= 11 is 0. The molecule has 0 spiro atoms. The van der Waals surface area contributed by atoms with E-state index in [4.69, 9.17) is 14.2 Å². The molecule has 1 aromatic rings. The van der Waals surface area contributed by atoms with Gasteiger partial charge in [0.05, 0.1) is 6.61 Å². The number of amides is 1. The van der Waals surface area contributed by atoms with Crippen molar-refractivity contribution in [1.29, 1.82) is 0 Å². The molecule has 3 saturated carbocycles. The van der Waals surface area contributed by atoms with E-state index in [1.54, 1.807) is 24.3 Å². The molecule has 13 atom stereocenters. The second kappa shape index (κ2) is 14.8. The highest BCUT2D eigenvalue weighted by Crippen LogP contribution is 2.67. The third-order valence-corrected chi connectivity index (χ3v) is 13.7. The van der Waals surface area contributed by atoms with Crippen molar-refractivity contribution in [3.8, 4) is 5.75 Å². The van der Waals surface area contributed by atoms with Gasteiger partial charge in [-0.05, 0) is 116 Å². The first-order chi connectivity index (χ1) is 23.3. The van der Waals surface area contributed by atoms with Crippen LogP contribution in [-0.4, -0.2) is 69.9 Å². The van der Waals surface area contributed by atoms with Gasteiger partial charge in [0.25, 0.3) is 0 Å². The number of fused-ring (bicyclic) bond motifs is 5. The van der Waals surface area contributed by atoms with E-state index in [1.165, 1.54) is 56.9 Å². The smallest absolute Gasteiger partial charge is 0.411 e. The van der Waals surface area contributed by atoms with Crippen LogP contribution in [0.15, 0.2) is 35.9 Å². The summed E-state index contributed by atoms with van der Waals surface area (Å²) in [5.41, 5.74) is 2.69. The maximum Gasteiger partial charge on any atom is 0.411 e. The van der Waals surface area contributed by atoms with E-state index in [0.29, 0.717) is 16.9 Å². The molecule has 5 aliphatic rings. The first-order valence-electron chi connectivity index (χ1n) is 19.1. The Bertz CT molecular complexity index is 1320. The number of aliphatic hydroxyl groups is 4. The van der Waals surface area contributed by atoms with E-state index < -0.39 is 43.4 Å². The van der Waals surface area contributed by atoms with Gasteiger partial charge in [-0.1, -0.05) is 65.5 Å². The molecule has 1 heterocycles. The molecule has 4 fully saturated rings. The number of carbonyl (C=O) groups is 1. The number of ether oxygens (including phenoxy) is 3. The summed E-state index contributed by atoms with van der Waals surface area (Å²) in [7, 11) is 0. The Morgan fingerprint density at radius 2 is 1.71 bits per heavy atom. The Balaban J connectivity index is 1.01. The number of carbonyl (C=O) groups excluding carboxylic acids is 1. The van der Waals surface area contributed by atoms with Crippen LogP contribution in [0.4, 0.5) is 10.5 Å². The fourth-order valence-corrected chi connectivity index (χ4v) is 11.0. The maximum atomic E-state index is 13.0. The van der Waals surface area contributed by atoms with Gasteiger partial charge < -0.3 is 34.6 Å². The molecule has 5 N–H and O–H groups in total. The van der Waals surface area contributed by atoms with E-state index in [-0.39, 0.29) is 11.5 Å². The topological polar surface area (TPSA) is 138 Å². The van der Waals surface area contributed by atoms with Gasteiger partial charge in [-0.3, -0.25) is 5.32 Å². The van der Waals surface area contributed by atoms with E-state index >= 15 is 0 Å². The molecular weight excluding hydrogens is 622 g/mol. The lowest BCUT2D eigenvalue weighted by Crippen LogP contribution is -2.60. The molecule has 0 unspecified atom stereocenters. The quantitative estimate of drug-likeness (QED) is 0.170. The van der Waals surface area contributed by atoms with Crippen molar-refractivity contribution < 1.29 is 39.4 Å². The summed E-state index contributed by atoms with van der Waals surface area (Å²) in [6.45, 7) is 11.8. The molecule has 1 aliphatic heterocycles. The molecular formula is C40H61NO8.